The summed E-state index contributed by atoms with van der Waals surface area (Å²) in [5, 5.41) is 11.7. The predicted octanol–water partition coefficient (Wildman–Crippen LogP) is 2.14. The molecule has 6 nitrogen and oxygen atoms in total. The molecule has 0 saturated carbocycles. The third kappa shape index (κ3) is 3.19. The van der Waals surface area contributed by atoms with E-state index in [2.05, 4.69) is 5.32 Å². The third-order valence-corrected chi connectivity index (χ3v) is 2.91. The van der Waals surface area contributed by atoms with Crippen molar-refractivity contribution < 1.29 is 23.5 Å². The monoisotopic (exact) mass is 292 g/mol. The minimum absolute atomic E-state index is 0.0661. The van der Waals surface area contributed by atoms with Gasteiger partial charge in [-0.3, -0.25) is 4.79 Å². The zero-order valence-corrected chi connectivity index (χ0v) is 11.1. The van der Waals surface area contributed by atoms with Crippen molar-refractivity contribution in [2.24, 2.45) is 5.73 Å². The summed E-state index contributed by atoms with van der Waals surface area (Å²) in [5.74, 6) is -1.78. The Morgan fingerprint density at radius 3 is 2.62 bits per heavy atom. The number of aryl methyl sites for hydroxylation is 1. The summed E-state index contributed by atoms with van der Waals surface area (Å²) in [6.45, 7) is 1.65. The van der Waals surface area contributed by atoms with E-state index in [9.17, 15) is 14.0 Å². The number of nitrogens with one attached hydrogen (secondary N) is 1. The molecule has 21 heavy (non-hydrogen) atoms. The first-order chi connectivity index (χ1) is 9.88. The average molecular weight is 292 g/mol. The van der Waals surface area contributed by atoms with E-state index in [-0.39, 0.29) is 29.1 Å². The van der Waals surface area contributed by atoms with Crippen molar-refractivity contribution in [2.75, 3.05) is 5.32 Å². The molecule has 0 saturated heterocycles. The molecule has 1 amide bonds. The molecule has 0 unspecified atom stereocenters. The van der Waals surface area contributed by atoms with Crippen LogP contribution in [0.5, 0.6) is 0 Å². The summed E-state index contributed by atoms with van der Waals surface area (Å²) in [5.41, 5.74) is 5.34. The molecule has 1 heterocycles. The quantitative estimate of drug-likeness (QED) is 0.783. The molecular formula is C14H13FN2O4. The molecule has 1 aromatic carbocycles. The number of anilines is 1. The van der Waals surface area contributed by atoms with E-state index in [1.807, 2.05) is 0 Å². The largest absolute Gasteiger partial charge is 0.478 e. The number of benzene rings is 1. The Morgan fingerprint density at radius 2 is 2.10 bits per heavy atom. The molecule has 0 aliphatic carbocycles. The van der Waals surface area contributed by atoms with Gasteiger partial charge in [-0.15, -0.1) is 0 Å². The number of carboxylic acid groups (broad SMARTS) is 1. The molecule has 0 aliphatic rings. The van der Waals surface area contributed by atoms with E-state index in [1.165, 1.54) is 25.1 Å². The molecule has 2 rings (SSSR count). The van der Waals surface area contributed by atoms with Gasteiger partial charge in [0.25, 0.3) is 0 Å². The van der Waals surface area contributed by atoms with Gasteiger partial charge in [-0.25, -0.2) is 9.18 Å². The minimum Gasteiger partial charge on any atom is -0.478 e. The van der Waals surface area contributed by atoms with Gasteiger partial charge >= 0.3 is 5.97 Å². The molecule has 0 radical (unpaired) electrons. The molecule has 110 valence electrons. The van der Waals surface area contributed by atoms with Gasteiger partial charge in [0.05, 0.1) is 12.2 Å². The van der Waals surface area contributed by atoms with Crippen LogP contribution in [-0.4, -0.2) is 17.0 Å². The molecule has 2 aromatic rings. The highest BCUT2D eigenvalue weighted by atomic mass is 19.1. The second-order valence-corrected chi connectivity index (χ2v) is 4.40. The summed E-state index contributed by atoms with van der Waals surface area (Å²) in [4.78, 5) is 21.8. The van der Waals surface area contributed by atoms with E-state index in [4.69, 9.17) is 15.3 Å². The number of amides is 1. The lowest BCUT2D eigenvalue weighted by Gasteiger charge is -2.06. The van der Waals surface area contributed by atoms with Crippen molar-refractivity contribution in [3.05, 3.63) is 52.7 Å². The molecule has 1 aromatic heterocycles. The Bertz CT molecular complexity index is 709. The summed E-state index contributed by atoms with van der Waals surface area (Å²) in [6.07, 6.45) is 0. The van der Waals surface area contributed by atoms with Crippen LogP contribution in [0.15, 0.2) is 28.7 Å². The lowest BCUT2D eigenvalue weighted by molar-refractivity contribution is 0.0694. The number of carbonyl (C=O) groups is 2. The molecule has 0 aliphatic heterocycles. The van der Waals surface area contributed by atoms with Gasteiger partial charge in [0.15, 0.2) is 0 Å². The van der Waals surface area contributed by atoms with Crippen LogP contribution in [-0.2, 0) is 6.54 Å². The SMILES string of the molecule is Cc1oc(CNc2ccc(C(N)=O)cc2F)cc1C(=O)O. The molecular weight excluding hydrogens is 279 g/mol. The molecule has 0 fully saturated rings. The maximum absolute atomic E-state index is 13.7. The topological polar surface area (TPSA) is 106 Å². The number of primary amides is 1. The lowest BCUT2D eigenvalue weighted by atomic mass is 10.2. The van der Waals surface area contributed by atoms with Crippen LogP contribution in [0, 0.1) is 12.7 Å². The average Bonchev–Trinajstić information content (AvgIpc) is 2.78. The Balaban J connectivity index is 2.11. The number of furan rings is 1. The van der Waals surface area contributed by atoms with Gasteiger partial charge in [0, 0.05) is 5.56 Å². The maximum atomic E-state index is 13.7. The van der Waals surface area contributed by atoms with Crippen molar-refractivity contribution in [1.29, 1.82) is 0 Å². The van der Waals surface area contributed by atoms with Gasteiger partial charge in [-0.1, -0.05) is 0 Å². The van der Waals surface area contributed by atoms with Crippen LogP contribution in [0.25, 0.3) is 0 Å². The maximum Gasteiger partial charge on any atom is 0.339 e. The first-order valence-electron chi connectivity index (χ1n) is 6.04. The molecule has 0 bridgehead atoms. The Kier molecular flexibility index (Phi) is 3.93. The van der Waals surface area contributed by atoms with Gasteiger partial charge < -0.3 is 20.6 Å². The van der Waals surface area contributed by atoms with E-state index in [0.29, 0.717) is 5.76 Å². The van der Waals surface area contributed by atoms with E-state index >= 15 is 0 Å². The lowest BCUT2D eigenvalue weighted by Crippen LogP contribution is -2.11. The highest BCUT2D eigenvalue weighted by Gasteiger charge is 2.14. The number of carbonyl (C=O) groups excluding carboxylic acids is 1. The highest BCUT2D eigenvalue weighted by Crippen LogP contribution is 2.19. The fourth-order valence-corrected chi connectivity index (χ4v) is 1.84. The van der Waals surface area contributed by atoms with Crippen LogP contribution in [0.4, 0.5) is 10.1 Å². The van der Waals surface area contributed by atoms with Crippen LogP contribution in [0.2, 0.25) is 0 Å². The smallest absolute Gasteiger partial charge is 0.339 e. The third-order valence-electron chi connectivity index (χ3n) is 2.91. The first-order valence-corrected chi connectivity index (χ1v) is 6.04. The fraction of sp³-hybridized carbons (Fsp3) is 0.143. The summed E-state index contributed by atoms with van der Waals surface area (Å²) < 4.78 is 19.0. The number of hydrogen-bond acceptors (Lipinski definition) is 4. The number of halogens is 1. The van der Waals surface area contributed by atoms with Gasteiger partial charge in [-0.2, -0.15) is 0 Å². The van der Waals surface area contributed by atoms with Crippen LogP contribution in [0.3, 0.4) is 0 Å². The normalized spacial score (nSPS) is 10.4. The van der Waals surface area contributed by atoms with E-state index < -0.39 is 17.7 Å². The molecule has 0 spiro atoms. The zero-order chi connectivity index (χ0) is 15.6. The highest BCUT2D eigenvalue weighted by molar-refractivity contribution is 5.93. The Labute approximate surface area is 119 Å². The summed E-state index contributed by atoms with van der Waals surface area (Å²) in [7, 11) is 0. The number of carboxylic acids is 1. The van der Waals surface area contributed by atoms with Crippen molar-refractivity contribution in [3.63, 3.8) is 0 Å². The van der Waals surface area contributed by atoms with Crippen molar-refractivity contribution >= 4 is 17.6 Å². The van der Waals surface area contributed by atoms with Crippen LogP contribution >= 0.6 is 0 Å². The molecule has 4 N–H and O–H groups in total. The second-order valence-electron chi connectivity index (χ2n) is 4.40. The van der Waals surface area contributed by atoms with Gasteiger partial charge in [-0.05, 0) is 31.2 Å². The van der Waals surface area contributed by atoms with Crippen molar-refractivity contribution in [3.8, 4) is 0 Å². The zero-order valence-electron chi connectivity index (χ0n) is 11.1. The number of hydrogen-bond donors (Lipinski definition) is 3. The number of rotatable bonds is 5. The van der Waals surface area contributed by atoms with Crippen LogP contribution < -0.4 is 11.1 Å². The van der Waals surface area contributed by atoms with Crippen LogP contribution in [0.1, 0.15) is 32.2 Å². The second kappa shape index (κ2) is 5.66. The summed E-state index contributed by atoms with van der Waals surface area (Å²) in [6, 6.07) is 5.17. The van der Waals surface area contributed by atoms with E-state index in [1.54, 1.807) is 0 Å². The summed E-state index contributed by atoms with van der Waals surface area (Å²) >= 11 is 0. The van der Waals surface area contributed by atoms with Gasteiger partial charge in [0.2, 0.25) is 5.91 Å². The van der Waals surface area contributed by atoms with Crippen molar-refractivity contribution in [2.45, 2.75) is 13.5 Å². The standard InChI is InChI=1S/C14H13FN2O4/c1-7-10(14(19)20)5-9(21-7)6-17-12-3-2-8(13(16)18)4-11(12)15/h2-5,17H,6H2,1H3,(H2,16,18)(H,19,20). The Hall–Kier alpha value is -2.83. The minimum atomic E-state index is -1.08. The van der Waals surface area contributed by atoms with E-state index in [0.717, 1.165) is 6.07 Å². The van der Waals surface area contributed by atoms with Crippen molar-refractivity contribution in [1.82, 2.24) is 0 Å². The number of aromatic carboxylic acids is 1. The molecule has 0 atom stereocenters. The number of nitrogens with two attached hydrogens (primary N) is 1. The Morgan fingerprint density at radius 1 is 1.38 bits per heavy atom. The molecule has 7 heteroatoms. The fourth-order valence-electron chi connectivity index (χ4n) is 1.84. The first kappa shape index (κ1) is 14.6. The van der Waals surface area contributed by atoms with Gasteiger partial charge in [0.1, 0.15) is 22.9 Å². The predicted molar refractivity (Wildman–Crippen MR) is 72.6 cm³/mol.